The van der Waals surface area contributed by atoms with Crippen molar-refractivity contribution in [3.05, 3.63) is 35.7 Å². The highest BCUT2D eigenvalue weighted by Crippen LogP contribution is 2.14. The number of aromatic nitrogens is 4. The van der Waals surface area contributed by atoms with Gasteiger partial charge in [0, 0.05) is 25.4 Å². The zero-order valence-corrected chi connectivity index (χ0v) is 10.3. The van der Waals surface area contributed by atoms with Gasteiger partial charge < -0.3 is 4.57 Å². The standard InChI is InChI=1S/C12H18N4/c1-9(2)12-13-5-6-16(12)8-11-7-10(3)14-15(11)4/h5-7,9H,8H2,1-4H3. The van der Waals surface area contributed by atoms with E-state index in [0.29, 0.717) is 5.92 Å². The van der Waals surface area contributed by atoms with E-state index in [2.05, 4.69) is 34.6 Å². The molecule has 0 fully saturated rings. The quantitative estimate of drug-likeness (QED) is 0.791. The Morgan fingerprint density at radius 3 is 2.69 bits per heavy atom. The second kappa shape index (κ2) is 4.12. The highest BCUT2D eigenvalue weighted by Gasteiger charge is 2.09. The third-order valence-corrected chi connectivity index (χ3v) is 2.70. The zero-order chi connectivity index (χ0) is 11.7. The minimum Gasteiger partial charge on any atom is -0.329 e. The van der Waals surface area contributed by atoms with Crippen LogP contribution in [0.3, 0.4) is 0 Å². The van der Waals surface area contributed by atoms with Gasteiger partial charge in [-0.05, 0) is 13.0 Å². The van der Waals surface area contributed by atoms with Gasteiger partial charge in [-0.15, -0.1) is 0 Å². The molecule has 0 aliphatic rings. The molecule has 2 rings (SSSR count). The van der Waals surface area contributed by atoms with Gasteiger partial charge in [-0.3, -0.25) is 4.68 Å². The Hall–Kier alpha value is -1.58. The van der Waals surface area contributed by atoms with Crippen LogP contribution in [-0.4, -0.2) is 19.3 Å². The minimum atomic E-state index is 0.448. The number of aryl methyl sites for hydroxylation is 2. The molecule has 0 aliphatic carbocycles. The highest BCUT2D eigenvalue weighted by molar-refractivity contribution is 5.11. The van der Waals surface area contributed by atoms with E-state index >= 15 is 0 Å². The van der Waals surface area contributed by atoms with Gasteiger partial charge in [0.2, 0.25) is 0 Å². The van der Waals surface area contributed by atoms with Gasteiger partial charge in [-0.2, -0.15) is 5.10 Å². The van der Waals surface area contributed by atoms with Crippen LogP contribution in [0.2, 0.25) is 0 Å². The van der Waals surface area contributed by atoms with E-state index in [1.54, 1.807) is 0 Å². The molecule has 0 aromatic carbocycles. The van der Waals surface area contributed by atoms with Crippen molar-refractivity contribution < 1.29 is 0 Å². The fourth-order valence-electron chi connectivity index (χ4n) is 1.94. The molecule has 2 aromatic heterocycles. The molecular weight excluding hydrogens is 200 g/mol. The fourth-order valence-corrected chi connectivity index (χ4v) is 1.94. The summed E-state index contributed by atoms with van der Waals surface area (Å²) in [7, 11) is 1.98. The van der Waals surface area contributed by atoms with Crippen LogP contribution in [0.4, 0.5) is 0 Å². The molecular formula is C12H18N4. The molecule has 2 heterocycles. The van der Waals surface area contributed by atoms with Crippen molar-refractivity contribution in [3.8, 4) is 0 Å². The van der Waals surface area contributed by atoms with Crippen molar-refractivity contribution in [3.63, 3.8) is 0 Å². The van der Waals surface area contributed by atoms with E-state index in [1.165, 1.54) is 5.69 Å². The summed E-state index contributed by atoms with van der Waals surface area (Å²) in [5.74, 6) is 1.57. The lowest BCUT2D eigenvalue weighted by Gasteiger charge is -2.10. The Labute approximate surface area is 95.9 Å². The average Bonchev–Trinajstić information content (AvgIpc) is 2.75. The first kappa shape index (κ1) is 10.9. The van der Waals surface area contributed by atoms with Gasteiger partial charge in [0.1, 0.15) is 5.82 Å². The van der Waals surface area contributed by atoms with Crippen molar-refractivity contribution in [2.24, 2.45) is 7.05 Å². The Morgan fingerprint density at radius 2 is 2.12 bits per heavy atom. The zero-order valence-electron chi connectivity index (χ0n) is 10.3. The van der Waals surface area contributed by atoms with E-state index in [4.69, 9.17) is 0 Å². The van der Waals surface area contributed by atoms with Gasteiger partial charge in [-0.1, -0.05) is 13.8 Å². The molecule has 0 atom stereocenters. The summed E-state index contributed by atoms with van der Waals surface area (Å²) in [5.41, 5.74) is 2.26. The molecule has 4 heteroatoms. The van der Waals surface area contributed by atoms with E-state index < -0.39 is 0 Å². The lowest BCUT2D eigenvalue weighted by atomic mass is 10.2. The molecule has 0 bridgehead atoms. The number of hydrogen-bond acceptors (Lipinski definition) is 2. The topological polar surface area (TPSA) is 35.6 Å². The number of rotatable bonds is 3. The van der Waals surface area contributed by atoms with Crippen molar-refractivity contribution in [2.45, 2.75) is 33.2 Å². The maximum absolute atomic E-state index is 4.38. The van der Waals surface area contributed by atoms with E-state index in [9.17, 15) is 0 Å². The summed E-state index contributed by atoms with van der Waals surface area (Å²) in [4.78, 5) is 4.38. The average molecular weight is 218 g/mol. The second-order valence-electron chi connectivity index (χ2n) is 4.47. The van der Waals surface area contributed by atoms with Gasteiger partial charge >= 0.3 is 0 Å². The molecule has 0 saturated carbocycles. The number of nitrogens with zero attached hydrogens (tertiary/aromatic N) is 4. The lowest BCUT2D eigenvalue weighted by Crippen LogP contribution is -2.09. The molecule has 0 saturated heterocycles. The third-order valence-electron chi connectivity index (χ3n) is 2.70. The van der Waals surface area contributed by atoms with Crippen molar-refractivity contribution in [1.82, 2.24) is 19.3 Å². The molecule has 2 aromatic rings. The summed E-state index contributed by atoms with van der Waals surface area (Å²) in [6.45, 7) is 7.17. The Kier molecular flexibility index (Phi) is 2.81. The van der Waals surface area contributed by atoms with E-state index in [-0.39, 0.29) is 0 Å². The third kappa shape index (κ3) is 2.01. The van der Waals surface area contributed by atoms with Gasteiger partial charge in [0.25, 0.3) is 0 Å². The molecule has 0 N–H and O–H groups in total. The summed E-state index contributed by atoms with van der Waals surface area (Å²) in [6, 6.07) is 2.12. The number of imidazole rings is 1. The first-order valence-corrected chi connectivity index (χ1v) is 5.58. The predicted octanol–water partition coefficient (Wildman–Crippen LogP) is 2.10. The van der Waals surface area contributed by atoms with Crippen LogP contribution in [0.5, 0.6) is 0 Å². The lowest BCUT2D eigenvalue weighted by molar-refractivity contribution is 0.621. The largest absolute Gasteiger partial charge is 0.329 e. The van der Waals surface area contributed by atoms with Crippen molar-refractivity contribution >= 4 is 0 Å². The smallest absolute Gasteiger partial charge is 0.111 e. The van der Waals surface area contributed by atoms with Gasteiger partial charge in [-0.25, -0.2) is 4.98 Å². The normalized spacial score (nSPS) is 11.3. The molecule has 0 amide bonds. The summed E-state index contributed by atoms with van der Waals surface area (Å²) in [6.07, 6.45) is 3.89. The molecule has 86 valence electrons. The monoisotopic (exact) mass is 218 g/mol. The fraction of sp³-hybridized carbons (Fsp3) is 0.500. The van der Waals surface area contributed by atoms with Crippen LogP contribution in [0.25, 0.3) is 0 Å². The predicted molar refractivity (Wildman–Crippen MR) is 63.4 cm³/mol. The summed E-state index contributed by atoms with van der Waals surface area (Å²) in [5, 5.41) is 4.35. The van der Waals surface area contributed by atoms with Crippen LogP contribution in [0.15, 0.2) is 18.5 Å². The van der Waals surface area contributed by atoms with Crippen molar-refractivity contribution in [2.75, 3.05) is 0 Å². The molecule has 0 spiro atoms. The van der Waals surface area contributed by atoms with Gasteiger partial charge in [0.05, 0.1) is 17.9 Å². The molecule has 4 nitrogen and oxygen atoms in total. The first-order chi connectivity index (χ1) is 7.58. The molecule has 16 heavy (non-hydrogen) atoms. The molecule has 0 radical (unpaired) electrons. The summed E-state index contributed by atoms with van der Waals surface area (Å²) < 4.78 is 4.11. The summed E-state index contributed by atoms with van der Waals surface area (Å²) >= 11 is 0. The molecule has 0 aliphatic heterocycles. The first-order valence-electron chi connectivity index (χ1n) is 5.58. The van der Waals surface area contributed by atoms with Crippen LogP contribution in [-0.2, 0) is 13.6 Å². The van der Waals surface area contributed by atoms with Crippen LogP contribution < -0.4 is 0 Å². The van der Waals surface area contributed by atoms with Crippen molar-refractivity contribution in [1.29, 1.82) is 0 Å². The van der Waals surface area contributed by atoms with Crippen LogP contribution in [0.1, 0.15) is 37.0 Å². The van der Waals surface area contributed by atoms with Gasteiger partial charge in [0.15, 0.2) is 0 Å². The van der Waals surface area contributed by atoms with E-state index in [0.717, 1.165) is 18.1 Å². The molecule has 0 unspecified atom stereocenters. The highest BCUT2D eigenvalue weighted by atomic mass is 15.3. The number of hydrogen-bond donors (Lipinski definition) is 0. The SMILES string of the molecule is Cc1cc(Cn2ccnc2C(C)C)n(C)n1. The van der Waals surface area contributed by atoms with Crippen LogP contribution in [0, 0.1) is 6.92 Å². The Balaban J connectivity index is 2.27. The minimum absolute atomic E-state index is 0.448. The van der Waals surface area contributed by atoms with E-state index in [1.807, 2.05) is 31.0 Å². The van der Waals surface area contributed by atoms with Crippen LogP contribution >= 0.6 is 0 Å². The Bertz CT molecular complexity index is 479. The maximum Gasteiger partial charge on any atom is 0.111 e. The maximum atomic E-state index is 4.38. The second-order valence-corrected chi connectivity index (χ2v) is 4.47. The Morgan fingerprint density at radius 1 is 1.38 bits per heavy atom.